The number of carbonyl (C=O) groups is 2. The molecular weight excluding hydrogens is 392 g/mol. The van der Waals surface area contributed by atoms with Gasteiger partial charge in [0.2, 0.25) is 0 Å². The second-order valence-corrected chi connectivity index (χ2v) is 7.03. The molecule has 0 amide bonds. The highest BCUT2D eigenvalue weighted by Gasteiger charge is 2.27. The molecular formula is C18H28O9S. The number of benzene rings is 1. The minimum atomic E-state index is -4.02. The van der Waals surface area contributed by atoms with E-state index in [0.29, 0.717) is 0 Å². The normalized spacial score (nSPS) is 10.3. The summed E-state index contributed by atoms with van der Waals surface area (Å²) in [5.41, 5.74) is 0.145. The lowest BCUT2D eigenvalue weighted by atomic mass is 10.1. The smallest absolute Gasteiger partial charge is 0.372 e. The summed E-state index contributed by atoms with van der Waals surface area (Å²) in [5.74, 6) is -0.870. The van der Waals surface area contributed by atoms with E-state index in [4.69, 9.17) is 9.29 Å². The summed E-state index contributed by atoms with van der Waals surface area (Å²) in [4.78, 5) is 20.9. The summed E-state index contributed by atoms with van der Waals surface area (Å²) in [6.45, 7) is 8.39. The number of hydrogen-bond acceptors (Lipinski definition) is 8. The van der Waals surface area contributed by atoms with E-state index in [1.54, 1.807) is 26.0 Å². The molecule has 0 aromatic heterocycles. The lowest BCUT2D eigenvalue weighted by Gasteiger charge is -2.18. The number of ether oxygens (including phenoxy) is 4. The van der Waals surface area contributed by atoms with E-state index in [1.165, 1.54) is 40.6 Å². The molecule has 1 N–H and O–H groups in total. The molecule has 0 aliphatic rings. The summed E-state index contributed by atoms with van der Waals surface area (Å²) < 4.78 is 47.5. The molecule has 0 aliphatic heterocycles. The van der Waals surface area contributed by atoms with Crippen molar-refractivity contribution in [1.82, 2.24) is 0 Å². The molecule has 0 saturated heterocycles. The van der Waals surface area contributed by atoms with Gasteiger partial charge in [-0.15, -0.1) is 0 Å². The molecule has 0 heterocycles. The van der Waals surface area contributed by atoms with Gasteiger partial charge in [-0.1, -0.05) is 17.7 Å². The SMILES string of the molecule is C=C(OC)C(=O)OC.COC(=O)C(C)(C)OC.Cc1ccc(S(=O)(=O)O)cc1. The Balaban J connectivity index is 0. The molecule has 28 heavy (non-hydrogen) atoms. The molecule has 0 bridgehead atoms. The fourth-order valence-electron chi connectivity index (χ4n) is 1.24. The number of esters is 2. The summed E-state index contributed by atoms with van der Waals surface area (Å²) >= 11 is 0. The van der Waals surface area contributed by atoms with Gasteiger partial charge < -0.3 is 18.9 Å². The Morgan fingerprint density at radius 2 is 1.43 bits per heavy atom. The minimum absolute atomic E-state index is 0.0208. The van der Waals surface area contributed by atoms with Crippen LogP contribution in [0.2, 0.25) is 0 Å². The summed E-state index contributed by atoms with van der Waals surface area (Å²) in [7, 11) is 1.42. The number of aryl methyl sites for hydroxylation is 1. The van der Waals surface area contributed by atoms with Crippen molar-refractivity contribution in [3.63, 3.8) is 0 Å². The van der Waals surface area contributed by atoms with Crippen molar-refractivity contribution in [2.24, 2.45) is 0 Å². The Bertz CT molecular complexity index is 721. The molecule has 9 nitrogen and oxygen atoms in total. The molecule has 0 aliphatic carbocycles. The lowest BCUT2D eigenvalue weighted by molar-refractivity contribution is -0.161. The molecule has 1 aromatic carbocycles. The first kappa shape index (κ1) is 27.8. The van der Waals surface area contributed by atoms with Crippen LogP contribution in [0.25, 0.3) is 0 Å². The van der Waals surface area contributed by atoms with Crippen LogP contribution in [0, 0.1) is 6.92 Å². The molecule has 0 saturated carbocycles. The van der Waals surface area contributed by atoms with Gasteiger partial charge >= 0.3 is 11.9 Å². The number of methoxy groups -OCH3 is 4. The second-order valence-electron chi connectivity index (χ2n) is 5.61. The van der Waals surface area contributed by atoms with Crippen LogP contribution in [-0.4, -0.2) is 58.9 Å². The van der Waals surface area contributed by atoms with Gasteiger partial charge in [-0.2, -0.15) is 8.42 Å². The number of rotatable bonds is 5. The predicted molar refractivity (Wildman–Crippen MR) is 102 cm³/mol. The van der Waals surface area contributed by atoms with Gasteiger partial charge in [0.1, 0.15) is 0 Å². The Kier molecular flexibility index (Phi) is 12.8. The van der Waals surface area contributed by atoms with Gasteiger partial charge in [0.05, 0.1) is 26.2 Å². The molecule has 1 rings (SSSR count). The fourth-order valence-corrected chi connectivity index (χ4v) is 1.72. The highest BCUT2D eigenvalue weighted by atomic mass is 32.2. The Morgan fingerprint density at radius 1 is 0.964 bits per heavy atom. The first-order valence-corrected chi connectivity index (χ1v) is 9.19. The zero-order chi connectivity index (χ0) is 22.5. The maximum atomic E-state index is 10.7. The highest BCUT2D eigenvalue weighted by molar-refractivity contribution is 7.85. The zero-order valence-electron chi connectivity index (χ0n) is 17.1. The van der Waals surface area contributed by atoms with E-state index < -0.39 is 21.7 Å². The Morgan fingerprint density at radius 3 is 1.64 bits per heavy atom. The zero-order valence-corrected chi connectivity index (χ0v) is 18.0. The third kappa shape index (κ3) is 11.3. The van der Waals surface area contributed by atoms with Crippen molar-refractivity contribution < 1.29 is 41.5 Å². The topological polar surface area (TPSA) is 125 Å². The van der Waals surface area contributed by atoms with E-state index in [1.807, 2.05) is 6.92 Å². The van der Waals surface area contributed by atoms with Crippen LogP contribution < -0.4 is 0 Å². The molecule has 160 valence electrons. The molecule has 0 unspecified atom stereocenters. The second kappa shape index (κ2) is 12.9. The van der Waals surface area contributed by atoms with E-state index in [-0.39, 0.29) is 16.6 Å². The largest absolute Gasteiger partial charge is 0.490 e. The van der Waals surface area contributed by atoms with Crippen LogP contribution in [-0.2, 0) is 38.7 Å². The van der Waals surface area contributed by atoms with Gasteiger partial charge in [0, 0.05) is 7.11 Å². The average Bonchev–Trinajstić information content (AvgIpc) is 2.66. The van der Waals surface area contributed by atoms with E-state index in [2.05, 4.69) is 20.8 Å². The van der Waals surface area contributed by atoms with Crippen LogP contribution in [0.1, 0.15) is 19.4 Å². The highest BCUT2D eigenvalue weighted by Crippen LogP contribution is 2.09. The van der Waals surface area contributed by atoms with Crippen molar-refractivity contribution in [3.05, 3.63) is 42.2 Å². The monoisotopic (exact) mass is 420 g/mol. The van der Waals surface area contributed by atoms with Crippen molar-refractivity contribution in [1.29, 1.82) is 0 Å². The van der Waals surface area contributed by atoms with Gasteiger partial charge in [-0.05, 0) is 39.5 Å². The molecule has 0 radical (unpaired) electrons. The first-order chi connectivity index (χ1) is 12.8. The van der Waals surface area contributed by atoms with Crippen LogP contribution in [0.4, 0.5) is 0 Å². The third-order valence-corrected chi connectivity index (χ3v) is 4.03. The maximum absolute atomic E-state index is 10.7. The van der Waals surface area contributed by atoms with Gasteiger partial charge in [-0.25, -0.2) is 9.59 Å². The molecule has 0 fully saturated rings. The quantitative estimate of drug-likeness (QED) is 0.330. The molecule has 10 heteroatoms. The molecule has 1 aromatic rings. The molecule has 0 atom stereocenters. The van der Waals surface area contributed by atoms with Gasteiger partial charge in [-0.3, -0.25) is 4.55 Å². The maximum Gasteiger partial charge on any atom is 0.372 e. The number of hydrogen-bond donors (Lipinski definition) is 1. The van der Waals surface area contributed by atoms with E-state index >= 15 is 0 Å². The summed E-state index contributed by atoms with van der Waals surface area (Å²) in [6, 6.07) is 5.99. The Labute approximate surface area is 166 Å². The fraction of sp³-hybridized carbons (Fsp3) is 0.444. The predicted octanol–water partition coefficient (Wildman–Crippen LogP) is 2.15. The van der Waals surface area contributed by atoms with Crippen molar-refractivity contribution >= 4 is 22.1 Å². The molecule has 0 spiro atoms. The van der Waals surface area contributed by atoms with Crippen LogP contribution >= 0.6 is 0 Å². The van der Waals surface area contributed by atoms with Crippen LogP contribution in [0.15, 0.2) is 41.5 Å². The van der Waals surface area contributed by atoms with Crippen molar-refractivity contribution in [3.8, 4) is 0 Å². The van der Waals surface area contributed by atoms with Gasteiger partial charge in [0.15, 0.2) is 11.4 Å². The van der Waals surface area contributed by atoms with Crippen LogP contribution in [0.3, 0.4) is 0 Å². The van der Waals surface area contributed by atoms with Crippen molar-refractivity contribution in [2.45, 2.75) is 31.3 Å². The van der Waals surface area contributed by atoms with Gasteiger partial charge in [0.25, 0.3) is 10.1 Å². The Hall–Kier alpha value is -2.43. The van der Waals surface area contributed by atoms with E-state index in [0.717, 1.165) is 5.56 Å². The minimum Gasteiger partial charge on any atom is -0.490 e. The third-order valence-electron chi connectivity index (χ3n) is 3.17. The van der Waals surface area contributed by atoms with Crippen molar-refractivity contribution in [2.75, 3.05) is 28.4 Å². The van der Waals surface area contributed by atoms with E-state index in [9.17, 15) is 18.0 Å². The average molecular weight is 420 g/mol. The van der Waals surface area contributed by atoms with Crippen LogP contribution in [0.5, 0.6) is 0 Å². The summed E-state index contributed by atoms with van der Waals surface area (Å²) in [6.07, 6.45) is 0. The first-order valence-electron chi connectivity index (χ1n) is 7.75. The lowest BCUT2D eigenvalue weighted by Crippen LogP contribution is -2.34. The summed E-state index contributed by atoms with van der Waals surface area (Å²) in [5, 5.41) is 0. The number of carbonyl (C=O) groups excluding carboxylic acids is 2. The standard InChI is InChI=1S/C7H8O3S.C6H12O3.C5H8O3/c1-6-2-4-7(5-3-6)11(8,9)10;1-6(2,9-4)5(7)8-3;1-4(7-2)5(6)8-3/h2-5H,1H3,(H,8,9,10);1-4H3;1H2,2-3H3.